The number of amides is 2. The van der Waals surface area contributed by atoms with E-state index in [1.54, 1.807) is 31.3 Å². The van der Waals surface area contributed by atoms with Gasteiger partial charge in [0.15, 0.2) is 0 Å². The number of anilines is 2. The van der Waals surface area contributed by atoms with Crippen molar-refractivity contribution >= 4 is 17.4 Å². The van der Waals surface area contributed by atoms with Crippen LogP contribution in [0.3, 0.4) is 0 Å². The molecule has 0 bridgehead atoms. The summed E-state index contributed by atoms with van der Waals surface area (Å²) < 4.78 is 13.1. The van der Waals surface area contributed by atoms with Crippen LogP contribution in [0.4, 0.5) is 20.6 Å². The number of carbonyl (C=O) groups is 1. The van der Waals surface area contributed by atoms with Gasteiger partial charge in [0.05, 0.1) is 0 Å². The number of hydrogen-bond acceptors (Lipinski definition) is 2. The zero-order chi connectivity index (χ0) is 14.5. The van der Waals surface area contributed by atoms with Gasteiger partial charge in [-0.15, -0.1) is 0 Å². The Kier molecular flexibility index (Phi) is 4.32. The van der Waals surface area contributed by atoms with E-state index in [-0.39, 0.29) is 11.8 Å². The highest BCUT2D eigenvalue weighted by Gasteiger charge is 2.11. The molecule has 2 rings (SSSR count). The number of nitrogens with two attached hydrogens (primary N) is 1. The van der Waals surface area contributed by atoms with E-state index in [2.05, 4.69) is 5.32 Å². The molecule has 2 amide bonds. The number of benzene rings is 2. The number of halogens is 1. The van der Waals surface area contributed by atoms with Gasteiger partial charge in [-0.05, 0) is 35.9 Å². The van der Waals surface area contributed by atoms with E-state index in [0.717, 1.165) is 5.56 Å². The lowest BCUT2D eigenvalue weighted by atomic mass is 10.2. The third kappa shape index (κ3) is 3.33. The second-order valence-electron chi connectivity index (χ2n) is 4.37. The maximum atomic E-state index is 13.1. The molecule has 0 unspecified atom stereocenters. The summed E-state index contributed by atoms with van der Waals surface area (Å²) in [7, 11) is 1.58. The standard InChI is InChI=1S/C15H16FN3O/c1-19(14-7-3-5-12(16)9-14)15(20)18-13-6-2-4-11(8-13)10-17/h2-9H,10,17H2,1H3,(H,18,20). The molecular formula is C15H16FN3O. The van der Waals surface area contributed by atoms with E-state index in [1.807, 2.05) is 12.1 Å². The van der Waals surface area contributed by atoms with Crippen LogP contribution in [0.5, 0.6) is 0 Å². The first kappa shape index (κ1) is 14.0. The zero-order valence-corrected chi connectivity index (χ0v) is 11.1. The van der Waals surface area contributed by atoms with E-state index in [4.69, 9.17) is 5.73 Å². The fourth-order valence-corrected chi connectivity index (χ4v) is 1.79. The van der Waals surface area contributed by atoms with E-state index in [0.29, 0.717) is 17.9 Å². The van der Waals surface area contributed by atoms with Crippen LogP contribution in [0.15, 0.2) is 48.5 Å². The zero-order valence-electron chi connectivity index (χ0n) is 11.1. The van der Waals surface area contributed by atoms with Gasteiger partial charge in [-0.2, -0.15) is 0 Å². The largest absolute Gasteiger partial charge is 0.326 e. The molecule has 104 valence electrons. The van der Waals surface area contributed by atoms with E-state index in [1.165, 1.54) is 17.0 Å². The average Bonchev–Trinajstić information content (AvgIpc) is 2.46. The molecule has 0 spiro atoms. The Hall–Kier alpha value is -2.40. The van der Waals surface area contributed by atoms with Crippen molar-refractivity contribution in [2.75, 3.05) is 17.3 Å². The number of rotatable bonds is 3. The predicted octanol–water partition coefficient (Wildman–Crippen LogP) is 2.95. The molecule has 4 nitrogen and oxygen atoms in total. The van der Waals surface area contributed by atoms with Gasteiger partial charge in [-0.3, -0.25) is 4.90 Å². The van der Waals surface area contributed by atoms with Gasteiger partial charge in [0.25, 0.3) is 0 Å². The van der Waals surface area contributed by atoms with Crippen LogP contribution in [0.1, 0.15) is 5.56 Å². The van der Waals surface area contributed by atoms with Crippen molar-refractivity contribution in [2.24, 2.45) is 5.73 Å². The van der Waals surface area contributed by atoms with Crippen molar-refractivity contribution in [3.63, 3.8) is 0 Å². The number of nitrogens with one attached hydrogen (secondary N) is 1. The van der Waals surface area contributed by atoms with Crippen LogP contribution in [-0.4, -0.2) is 13.1 Å². The SMILES string of the molecule is CN(C(=O)Nc1cccc(CN)c1)c1cccc(F)c1. The highest BCUT2D eigenvalue weighted by atomic mass is 19.1. The van der Waals surface area contributed by atoms with Gasteiger partial charge in [0, 0.05) is 25.0 Å². The summed E-state index contributed by atoms with van der Waals surface area (Å²) in [4.78, 5) is 13.4. The summed E-state index contributed by atoms with van der Waals surface area (Å²) in [5, 5.41) is 2.74. The van der Waals surface area contributed by atoms with E-state index < -0.39 is 0 Å². The summed E-state index contributed by atoms with van der Waals surface area (Å²) in [6.07, 6.45) is 0. The third-order valence-electron chi connectivity index (χ3n) is 2.91. The highest BCUT2D eigenvalue weighted by Crippen LogP contribution is 2.16. The first-order valence-electron chi connectivity index (χ1n) is 6.19. The Balaban J connectivity index is 2.11. The maximum absolute atomic E-state index is 13.1. The Labute approximate surface area is 117 Å². The topological polar surface area (TPSA) is 58.4 Å². The molecule has 20 heavy (non-hydrogen) atoms. The van der Waals surface area contributed by atoms with E-state index >= 15 is 0 Å². The molecule has 2 aromatic carbocycles. The van der Waals surface area contributed by atoms with E-state index in [9.17, 15) is 9.18 Å². The predicted molar refractivity (Wildman–Crippen MR) is 78.2 cm³/mol. The third-order valence-corrected chi connectivity index (χ3v) is 2.91. The van der Waals surface area contributed by atoms with Crippen molar-refractivity contribution in [1.29, 1.82) is 0 Å². The molecule has 0 aliphatic heterocycles. The maximum Gasteiger partial charge on any atom is 0.326 e. The molecule has 0 aliphatic carbocycles. The van der Waals surface area contributed by atoms with Crippen LogP contribution >= 0.6 is 0 Å². The molecule has 0 heterocycles. The van der Waals surface area contributed by atoms with Crippen LogP contribution < -0.4 is 16.0 Å². The molecule has 0 aliphatic rings. The normalized spacial score (nSPS) is 10.2. The van der Waals surface area contributed by atoms with Gasteiger partial charge in [0.1, 0.15) is 5.82 Å². The fraction of sp³-hybridized carbons (Fsp3) is 0.133. The highest BCUT2D eigenvalue weighted by molar-refractivity contribution is 6.01. The van der Waals surface area contributed by atoms with Crippen LogP contribution in [-0.2, 0) is 6.54 Å². The average molecular weight is 273 g/mol. The quantitative estimate of drug-likeness (QED) is 0.903. The summed E-state index contributed by atoms with van der Waals surface area (Å²) >= 11 is 0. The molecule has 2 aromatic rings. The minimum absolute atomic E-state index is 0.343. The van der Waals surface area contributed by atoms with Crippen LogP contribution in [0, 0.1) is 5.82 Å². The summed E-state index contributed by atoms with van der Waals surface area (Å²) in [6, 6.07) is 12.8. The molecular weight excluding hydrogens is 257 g/mol. The molecule has 3 N–H and O–H groups in total. The lowest BCUT2D eigenvalue weighted by Gasteiger charge is -2.18. The summed E-state index contributed by atoms with van der Waals surface area (Å²) in [5.41, 5.74) is 7.62. The molecule has 0 fully saturated rings. The van der Waals surface area contributed by atoms with Gasteiger partial charge in [-0.25, -0.2) is 9.18 Å². The monoisotopic (exact) mass is 273 g/mol. The van der Waals surface area contributed by atoms with Gasteiger partial charge >= 0.3 is 6.03 Å². The van der Waals surface area contributed by atoms with Crippen molar-refractivity contribution in [2.45, 2.75) is 6.54 Å². The second kappa shape index (κ2) is 6.16. The molecule has 0 saturated heterocycles. The molecule has 5 heteroatoms. The Bertz CT molecular complexity index is 616. The summed E-state index contributed by atoms with van der Waals surface area (Å²) in [5.74, 6) is -0.382. The minimum atomic E-state index is -0.382. The molecule has 0 aromatic heterocycles. The Morgan fingerprint density at radius 2 is 2.00 bits per heavy atom. The Morgan fingerprint density at radius 3 is 2.70 bits per heavy atom. The molecule has 0 saturated carbocycles. The van der Waals surface area contributed by atoms with Crippen molar-refractivity contribution in [3.05, 3.63) is 59.9 Å². The Morgan fingerprint density at radius 1 is 1.25 bits per heavy atom. The van der Waals surface area contributed by atoms with Gasteiger partial charge in [0.2, 0.25) is 0 Å². The first-order valence-corrected chi connectivity index (χ1v) is 6.19. The van der Waals surface area contributed by atoms with Crippen LogP contribution in [0.25, 0.3) is 0 Å². The number of urea groups is 1. The van der Waals surface area contributed by atoms with Crippen LogP contribution in [0.2, 0.25) is 0 Å². The summed E-state index contributed by atoms with van der Waals surface area (Å²) in [6.45, 7) is 0.406. The van der Waals surface area contributed by atoms with Gasteiger partial charge < -0.3 is 11.1 Å². The number of nitrogens with zero attached hydrogens (tertiary/aromatic N) is 1. The van der Waals surface area contributed by atoms with Crippen molar-refractivity contribution in [1.82, 2.24) is 0 Å². The smallest absolute Gasteiger partial charge is 0.326 e. The lowest BCUT2D eigenvalue weighted by Crippen LogP contribution is -2.31. The second-order valence-corrected chi connectivity index (χ2v) is 4.37. The number of hydrogen-bond donors (Lipinski definition) is 2. The molecule has 0 radical (unpaired) electrons. The minimum Gasteiger partial charge on any atom is -0.326 e. The number of carbonyl (C=O) groups excluding carboxylic acids is 1. The lowest BCUT2D eigenvalue weighted by molar-refractivity contribution is 0.258. The van der Waals surface area contributed by atoms with Gasteiger partial charge in [-0.1, -0.05) is 18.2 Å². The fourth-order valence-electron chi connectivity index (χ4n) is 1.79. The molecule has 0 atom stereocenters. The first-order chi connectivity index (χ1) is 9.60. The van der Waals surface area contributed by atoms with Crippen molar-refractivity contribution < 1.29 is 9.18 Å². The van der Waals surface area contributed by atoms with Crippen molar-refractivity contribution in [3.8, 4) is 0 Å².